The van der Waals surface area contributed by atoms with Crippen LogP contribution in [0.1, 0.15) is 58.3 Å². The van der Waals surface area contributed by atoms with Gasteiger partial charge < -0.3 is 25.6 Å². The molecular formula is C18H20F3N5O5. The third-order valence-electron chi connectivity index (χ3n) is 4.97. The van der Waals surface area contributed by atoms with Gasteiger partial charge in [0.2, 0.25) is 5.76 Å². The number of furan rings is 1. The standard InChI is InChI=1S/C18H20F3N5O5/c19-18(20,21)8-1-3-9(4-2-8)23-17(30)26-15-13(14(22)27)24-12(25-15)7-10-5-6-11(31-10)16(28)29/h5-6,8-9H,1-4,7H2,(H2,22,27)(H,24,25)(H,28,29)(H2,23,26,30). The molecule has 1 fully saturated rings. The minimum absolute atomic E-state index is 0.00167. The first-order valence-corrected chi connectivity index (χ1v) is 9.38. The lowest BCUT2D eigenvalue weighted by Gasteiger charge is -2.30. The Morgan fingerprint density at radius 1 is 1.23 bits per heavy atom. The summed E-state index contributed by atoms with van der Waals surface area (Å²) < 4.78 is 43.4. The zero-order chi connectivity index (χ0) is 22.8. The van der Waals surface area contributed by atoms with Crippen LogP contribution in [0.15, 0.2) is 16.5 Å². The first-order chi connectivity index (χ1) is 14.5. The molecule has 0 aromatic carbocycles. The van der Waals surface area contributed by atoms with Gasteiger partial charge in [-0.25, -0.2) is 14.6 Å². The van der Waals surface area contributed by atoms with E-state index in [2.05, 4.69) is 20.6 Å². The second-order valence-electron chi connectivity index (χ2n) is 7.21. The quantitative estimate of drug-likeness (QED) is 0.461. The Kier molecular flexibility index (Phi) is 6.22. The smallest absolute Gasteiger partial charge is 0.391 e. The van der Waals surface area contributed by atoms with E-state index in [1.165, 1.54) is 12.1 Å². The van der Waals surface area contributed by atoms with Crippen LogP contribution in [-0.4, -0.2) is 45.2 Å². The second-order valence-corrected chi connectivity index (χ2v) is 7.21. The third-order valence-corrected chi connectivity index (χ3v) is 4.97. The Balaban J connectivity index is 1.62. The molecule has 0 spiro atoms. The van der Waals surface area contributed by atoms with Gasteiger partial charge >= 0.3 is 18.2 Å². The maximum atomic E-state index is 12.7. The second kappa shape index (κ2) is 8.70. The van der Waals surface area contributed by atoms with E-state index in [0.717, 1.165) is 0 Å². The van der Waals surface area contributed by atoms with Gasteiger partial charge in [-0.1, -0.05) is 0 Å². The lowest BCUT2D eigenvalue weighted by atomic mass is 9.86. The summed E-state index contributed by atoms with van der Waals surface area (Å²) in [7, 11) is 0. The maximum Gasteiger partial charge on any atom is 0.391 e. The third kappa shape index (κ3) is 5.55. The van der Waals surface area contributed by atoms with Crippen molar-refractivity contribution in [1.82, 2.24) is 15.3 Å². The number of urea groups is 1. The molecule has 2 aromatic rings. The van der Waals surface area contributed by atoms with Crippen molar-refractivity contribution in [3.8, 4) is 0 Å². The number of hydrogen-bond acceptors (Lipinski definition) is 5. The Bertz CT molecular complexity index is 976. The molecule has 3 amide bonds. The molecule has 168 valence electrons. The van der Waals surface area contributed by atoms with Crippen molar-refractivity contribution in [2.75, 3.05) is 5.32 Å². The number of alkyl halides is 3. The van der Waals surface area contributed by atoms with Gasteiger partial charge in [0.05, 0.1) is 12.3 Å². The van der Waals surface area contributed by atoms with E-state index < -0.39 is 36.0 Å². The van der Waals surface area contributed by atoms with E-state index in [-0.39, 0.29) is 61.0 Å². The number of H-pyrrole nitrogens is 1. The van der Waals surface area contributed by atoms with Gasteiger partial charge in [-0.2, -0.15) is 13.2 Å². The molecule has 1 saturated carbocycles. The van der Waals surface area contributed by atoms with Crippen LogP contribution in [0, 0.1) is 5.92 Å². The summed E-state index contributed by atoms with van der Waals surface area (Å²) in [5.41, 5.74) is 5.11. The summed E-state index contributed by atoms with van der Waals surface area (Å²) in [6, 6.07) is 1.51. The number of aromatic amines is 1. The Hall–Kier alpha value is -3.51. The molecule has 1 aliphatic carbocycles. The number of hydrogen-bond donors (Lipinski definition) is 5. The number of rotatable bonds is 6. The molecule has 0 bridgehead atoms. The number of primary amides is 1. The van der Waals surface area contributed by atoms with Crippen LogP contribution in [0.25, 0.3) is 0 Å². The minimum atomic E-state index is -4.24. The fourth-order valence-electron chi connectivity index (χ4n) is 3.42. The molecule has 0 saturated heterocycles. The normalized spacial score (nSPS) is 19.1. The summed E-state index contributed by atoms with van der Waals surface area (Å²) >= 11 is 0. The SMILES string of the molecule is NC(=O)c1[nH]c(Cc2ccc(C(=O)O)o2)nc1NC(=O)NC1CCC(C(F)(F)F)CC1. The number of carboxylic acids is 1. The highest BCUT2D eigenvalue weighted by Crippen LogP contribution is 2.37. The zero-order valence-corrected chi connectivity index (χ0v) is 16.1. The summed E-state index contributed by atoms with van der Waals surface area (Å²) in [6.07, 6.45) is -4.04. The van der Waals surface area contributed by atoms with E-state index in [9.17, 15) is 27.6 Å². The van der Waals surface area contributed by atoms with E-state index in [1.807, 2.05) is 0 Å². The van der Waals surface area contributed by atoms with Gasteiger partial charge in [0.15, 0.2) is 5.82 Å². The number of anilines is 1. The average Bonchev–Trinajstić information content (AvgIpc) is 3.29. The predicted octanol–water partition coefficient (Wildman–Crippen LogP) is 2.63. The van der Waals surface area contributed by atoms with Gasteiger partial charge in [-0.05, 0) is 37.8 Å². The van der Waals surface area contributed by atoms with Crippen molar-refractivity contribution in [2.45, 2.75) is 44.3 Å². The molecule has 3 rings (SSSR count). The average molecular weight is 443 g/mol. The Morgan fingerprint density at radius 2 is 1.90 bits per heavy atom. The highest BCUT2D eigenvalue weighted by Gasteiger charge is 2.41. The maximum absolute atomic E-state index is 12.7. The molecule has 13 heteroatoms. The van der Waals surface area contributed by atoms with E-state index in [1.54, 1.807) is 0 Å². The fourth-order valence-corrected chi connectivity index (χ4v) is 3.42. The molecule has 0 aliphatic heterocycles. The predicted molar refractivity (Wildman–Crippen MR) is 99.5 cm³/mol. The molecular weight excluding hydrogens is 423 g/mol. The number of aromatic nitrogens is 2. The first kappa shape index (κ1) is 22.2. The van der Waals surface area contributed by atoms with Crippen molar-refractivity contribution in [2.24, 2.45) is 11.7 Å². The zero-order valence-electron chi connectivity index (χ0n) is 16.1. The number of aromatic carboxylic acids is 1. The number of nitrogens with one attached hydrogen (secondary N) is 3. The van der Waals surface area contributed by atoms with Gasteiger partial charge in [0.1, 0.15) is 17.3 Å². The minimum Gasteiger partial charge on any atom is -0.475 e. The number of carbonyl (C=O) groups is 3. The van der Waals surface area contributed by atoms with Gasteiger partial charge in [-0.3, -0.25) is 10.1 Å². The van der Waals surface area contributed by atoms with Crippen LogP contribution in [-0.2, 0) is 6.42 Å². The summed E-state index contributed by atoms with van der Waals surface area (Å²) in [6.45, 7) is 0. The lowest BCUT2D eigenvalue weighted by molar-refractivity contribution is -0.182. The molecule has 2 heterocycles. The molecule has 6 N–H and O–H groups in total. The Morgan fingerprint density at radius 3 is 2.45 bits per heavy atom. The van der Waals surface area contributed by atoms with Crippen molar-refractivity contribution < 1.29 is 37.1 Å². The number of amides is 3. The largest absolute Gasteiger partial charge is 0.475 e. The molecule has 31 heavy (non-hydrogen) atoms. The van der Waals surface area contributed by atoms with Crippen LogP contribution in [0.2, 0.25) is 0 Å². The number of carboxylic acid groups (broad SMARTS) is 1. The van der Waals surface area contributed by atoms with Gasteiger partial charge in [-0.15, -0.1) is 0 Å². The molecule has 0 unspecified atom stereocenters. The van der Waals surface area contributed by atoms with Crippen molar-refractivity contribution in [3.63, 3.8) is 0 Å². The van der Waals surface area contributed by atoms with E-state index in [0.29, 0.717) is 0 Å². The number of nitrogens with two attached hydrogens (primary N) is 1. The molecule has 0 atom stereocenters. The summed E-state index contributed by atoms with van der Waals surface area (Å²) in [4.78, 5) is 41.5. The van der Waals surface area contributed by atoms with E-state index in [4.69, 9.17) is 15.3 Å². The van der Waals surface area contributed by atoms with Crippen LogP contribution in [0.3, 0.4) is 0 Å². The van der Waals surface area contributed by atoms with Crippen LogP contribution < -0.4 is 16.4 Å². The number of carbonyl (C=O) groups excluding carboxylic acids is 2. The Labute approximate surface area is 173 Å². The highest BCUT2D eigenvalue weighted by molar-refractivity contribution is 6.00. The number of halogens is 3. The molecule has 0 radical (unpaired) electrons. The number of nitrogens with zero attached hydrogens (tertiary/aromatic N) is 1. The van der Waals surface area contributed by atoms with Gasteiger partial charge in [0, 0.05) is 6.04 Å². The van der Waals surface area contributed by atoms with Crippen LogP contribution in [0.4, 0.5) is 23.8 Å². The lowest BCUT2D eigenvalue weighted by Crippen LogP contribution is -2.42. The van der Waals surface area contributed by atoms with Crippen LogP contribution in [0.5, 0.6) is 0 Å². The molecule has 10 nitrogen and oxygen atoms in total. The first-order valence-electron chi connectivity index (χ1n) is 9.38. The summed E-state index contributed by atoms with van der Waals surface area (Å²) in [5.74, 6) is -3.51. The molecule has 2 aromatic heterocycles. The number of imidazole rings is 1. The van der Waals surface area contributed by atoms with Crippen LogP contribution >= 0.6 is 0 Å². The van der Waals surface area contributed by atoms with Gasteiger partial charge in [0.25, 0.3) is 5.91 Å². The van der Waals surface area contributed by atoms with Crippen molar-refractivity contribution >= 4 is 23.7 Å². The highest BCUT2D eigenvalue weighted by atomic mass is 19.4. The van der Waals surface area contributed by atoms with Crippen molar-refractivity contribution in [3.05, 3.63) is 35.2 Å². The van der Waals surface area contributed by atoms with E-state index >= 15 is 0 Å². The monoisotopic (exact) mass is 443 g/mol. The summed E-state index contributed by atoms with van der Waals surface area (Å²) in [5, 5.41) is 13.8. The topological polar surface area (TPSA) is 163 Å². The fraction of sp³-hybridized carbons (Fsp3) is 0.444. The van der Waals surface area contributed by atoms with Crippen molar-refractivity contribution in [1.29, 1.82) is 0 Å². The molecule has 1 aliphatic rings.